The van der Waals surface area contributed by atoms with E-state index >= 15 is 0 Å². The Kier molecular flexibility index (Phi) is 11.2. The molecule has 5 nitrogen and oxygen atoms in total. The van der Waals surface area contributed by atoms with E-state index in [2.05, 4.69) is 6.92 Å². The first-order chi connectivity index (χ1) is 7.56. The van der Waals surface area contributed by atoms with Crippen molar-refractivity contribution in [3.05, 3.63) is 0 Å². The van der Waals surface area contributed by atoms with Crippen molar-refractivity contribution < 1.29 is 23.1 Å². The van der Waals surface area contributed by atoms with Crippen molar-refractivity contribution in [1.82, 2.24) is 0 Å². The highest BCUT2D eigenvalue weighted by Crippen LogP contribution is 2.51. The number of unbranched alkanes of at least 4 members (excludes halogenated alkanes) is 3. The lowest BCUT2D eigenvalue weighted by molar-refractivity contribution is 0.162. The van der Waals surface area contributed by atoms with Crippen LogP contribution in [0, 0.1) is 0 Å². The molecule has 16 heavy (non-hydrogen) atoms. The summed E-state index contributed by atoms with van der Waals surface area (Å²) in [6, 6.07) is 0. The van der Waals surface area contributed by atoms with Crippen LogP contribution in [-0.2, 0) is 13.4 Å². The van der Waals surface area contributed by atoms with Gasteiger partial charge >= 0.3 is 17.2 Å². The van der Waals surface area contributed by atoms with Crippen LogP contribution in [0.1, 0.15) is 46.5 Å². The third-order valence-corrected chi connectivity index (χ3v) is 3.74. The van der Waals surface area contributed by atoms with Crippen molar-refractivity contribution >= 4 is 17.2 Å². The fraction of sp³-hybridized carbons (Fsp3) is 1.00. The molecule has 0 aromatic rings. The van der Waals surface area contributed by atoms with Crippen LogP contribution in [0.15, 0.2) is 0 Å². The van der Waals surface area contributed by atoms with Crippen molar-refractivity contribution in [2.75, 3.05) is 6.61 Å². The molecule has 0 saturated carbocycles. The largest absolute Gasteiger partial charge is 0.340 e. The second-order valence-electron chi connectivity index (χ2n) is 3.61. The minimum atomic E-state index is -2.42. The Hall–Kier alpha value is 0.660. The maximum atomic E-state index is 8.73. The predicted molar refractivity (Wildman–Crippen MR) is 65.7 cm³/mol. The molecule has 2 N–H and O–H groups in total. The molecule has 7 heteroatoms. The van der Waals surface area contributed by atoms with Gasteiger partial charge < -0.3 is 18.8 Å². The zero-order chi connectivity index (χ0) is 12.4. The third kappa shape index (κ3) is 11.2. The molecule has 0 amide bonds. The maximum Gasteiger partial charge on any atom is 0.340 e. The molecule has 0 radical (unpaired) electrons. The fourth-order valence-corrected chi connectivity index (χ4v) is 2.48. The van der Waals surface area contributed by atoms with E-state index in [1.54, 1.807) is 0 Å². The van der Waals surface area contributed by atoms with Gasteiger partial charge in [0.25, 0.3) is 0 Å². The molecule has 0 aromatic heterocycles. The SMILES string of the molecule is CCCCCCOP(OC(C)C)OP(O)O. The van der Waals surface area contributed by atoms with E-state index in [0.717, 1.165) is 12.8 Å². The van der Waals surface area contributed by atoms with Gasteiger partial charge in [-0.15, -0.1) is 0 Å². The standard InChI is InChI=1S/C9H22O5P2/c1-4-5-6-7-8-12-16(13-9(2)3)14-15(10)11/h9-11H,4-8H2,1-3H3. The second-order valence-corrected chi connectivity index (χ2v) is 5.68. The van der Waals surface area contributed by atoms with Gasteiger partial charge in [-0.25, -0.2) is 4.31 Å². The van der Waals surface area contributed by atoms with Gasteiger partial charge in [0.05, 0.1) is 12.7 Å². The van der Waals surface area contributed by atoms with Crippen LogP contribution in [0.3, 0.4) is 0 Å². The maximum absolute atomic E-state index is 8.73. The average Bonchev–Trinajstić information content (AvgIpc) is 2.15. The Labute approximate surface area is 100 Å². The highest BCUT2D eigenvalue weighted by Gasteiger charge is 2.18. The quantitative estimate of drug-likeness (QED) is 0.471. The summed E-state index contributed by atoms with van der Waals surface area (Å²) in [4.78, 5) is 17.5. The molecule has 0 spiro atoms. The first-order valence-corrected chi connectivity index (χ1v) is 7.78. The Morgan fingerprint density at radius 1 is 1.12 bits per heavy atom. The van der Waals surface area contributed by atoms with Gasteiger partial charge in [-0.3, -0.25) is 0 Å². The lowest BCUT2D eigenvalue weighted by Crippen LogP contribution is -2.02. The first kappa shape index (κ1) is 16.7. The summed E-state index contributed by atoms with van der Waals surface area (Å²) in [6.45, 7) is 6.36. The molecule has 0 aromatic carbocycles. The topological polar surface area (TPSA) is 68.2 Å². The van der Waals surface area contributed by atoms with Gasteiger partial charge in [0.15, 0.2) is 0 Å². The van der Waals surface area contributed by atoms with Gasteiger partial charge in [0.1, 0.15) is 0 Å². The number of hydrogen-bond acceptors (Lipinski definition) is 5. The summed E-state index contributed by atoms with van der Waals surface area (Å²) >= 11 is 0. The number of rotatable bonds is 10. The summed E-state index contributed by atoms with van der Waals surface area (Å²) in [6.07, 6.45) is 4.34. The normalized spacial score (nSPS) is 13.7. The van der Waals surface area contributed by atoms with Crippen LogP contribution in [0.4, 0.5) is 0 Å². The molecular weight excluding hydrogens is 250 g/mol. The van der Waals surface area contributed by atoms with Crippen molar-refractivity contribution in [2.45, 2.75) is 52.6 Å². The zero-order valence-electron chi connectivity index (χ0n) is 10.1. The van der Waals surface area contributed by atoms with Crippen LogP contribution in [-0.4, -0.2) is 22.5 Å². The first-order valence-electron chi connectivity index (χ1n) is 5.52. The third-order valence-electron chi connectivity index (χ3n) is 1.63. The van der Waals surface area contributed by atoms with E-state index in [4.69, 9.17) is 23.1 Å². The van der Waals surface area contributed by atoms with E-state index in [9.17, 15) is 0 Å². The second kappa shape index (κ2) is 10.8. The van der Waals surface area contributed by atoms with E-state index in [1.807, 2.05) is 13.8 Å². The predicted octanol–water partition coefficient (Wildman–Crippen LogP) is 3.46. The molecule has 0 fully saturated rings. The van der Waals surface area contributed by atoms with Crippen molar-refractivity contribution in [3.8, 4) is 0 Å². The van der Waals surface area contributed by atoms with E-state index in [0.29, 0.717) is 6.61 Å². The van der Waals surface area contributed by atoms with Gasteiger partial charge in [-0.1, -0.05) is 26.2 Å². The van der Waals surface area contributed by atoms with Crippen molar-refractivity contribution in [2.24, 2.45) is 0 Å². The number of hydrogen-bond donors (Lipinski definition) is 2. The molecule has 0 aliphatic carbocycles. The fourth-order valence-electron chi connectivity index (χ4n) is 0.973. The molecule has 0 heterocycles. The highest BCUT2D eigenvalue weighted by atomic mass is 31.2. The van der Waals surface area contributed by atoms with Crippen LogP contribution >= 0.6 is 17.2 Å². The van der Waals surface area contributed by atoms with Crippen molar-refractivity contribution in [1.29, 1.82) is 0 Å². The van der Waals surface area contributed by atoms with Gasteiger partial charge in [0, 0.05) is 0 Å². The summed E-state index contributed by atoms with van der Waals surface area (Å²) in [5.41, 5.74) is 0. The molecule has 98 valence electrons. The molecule has 1 unspecified atom stereocenters. The molecule has 0 bridgehead atoms. The van der Waals surface area contributed by atoms with E-state index in [-0.39, 0.29) is 6.10 Å². The van der Waals surface area contributed by atoms with Gasteiger partial charge in [-0.05, 0) is 20.3 Å². The summed E-state index contributed by atoms with van der Waals surface area (Å²) in [5, 5.41) is 0. The van der Waals surface area contributed by atoms with Gasteiger partial charge in [-0.2, -0.15) is 0 Å². The van der Waals surface area contributed by atoms with E-state index < -0.39 is 17.2 Å². The van der Waals surface area contributed by atoms with Crippen LogP contribution in [0.2, 0.25) is 0 Å². The monoisotopic (exact) mass is 272 g/mol. The van der Waals surface area contributed by atoms with Crippen LogP contribution in [0.25, 0.3) is 0 Å². The lowest BCUT2D eigenvalue weighted by atomic mass is 10.2. The Balaban J connectivity index is 3.65. The molecule has 0 rings (SSSR count). The van der Waals surface area contributed by atoms with Crippen molar-refractivity contribution in [3.63, 3.8) is 0 Å². The summed E-state index contributed by atoms with van der Waals surface area (Å²) in [7, 11) is -4.05. The minimum Gasteiger partial charge on any atom is -0.328 e. The average molecular weight is 272 g/mol. The van der Waals surface area contributed by atoms with Crippen LogP contribution in [0.5, 0.6) is 0 Å². The molecular formula is C9H22O5P2. The van der Waals surface area contributed by atoms with E-state index in [1.165, 1.54) is 12.8 Å². The Bertz CT molecular complexity index is 147. The molecule has 1 atom stereocenters. The zero-order valence-corrected chi connectivity index (χ0v) is 11.9. The summed E-state index contributed by atoms with van der Waals surface area (Å²) < 4.78 is 15.4. The molecule has 0 saturated heterocycles. The van der Waals surface area contributed by atoms with Gasteiger partial charge in [0.2, 0.25) is 0 Å². The lowest BCUT2D eigenvalue weighted by Gasteiger charge is -2.18. The van der Waals surface area contributed by atoms with Crippen LogP contribution < -0.4 is 0 Å². The Morgan fingerprint density at radius 2 is 1.81 bits per heavy atom. The smallest absolute Gasteiger partial charge is 0.328 e. The minimum absolute atomic E-state index is 0.0586. The summed E-state index contributed by atoms with van der Waals surface area (Å²) in [5.74, 6) is 0. The molecule has 0 aliphatic rings. The highest BCUT2D eigenvalue weighted by molar-refractivity contribution is 7.54. The Morgan fingerprint density at radius 3 is 2.31 bits per heavy atom. The molecule has 0 aliphatic heterocycles.